The van der Waals surface area contributed by atoms with Gasteiger partial charge >= 0.3 is 0 Å². The van der Waals surface area contributed by atoms with Crippen molar-refractivity contribution in [1.82, 2.24) is 0 Å². The first-order valence-electron chi connectivity index (χ1n) is 6.10. The fourth-order valence-corrected chi connectivity index (χ4v) is 1.60. The van der Waals surface area contributed by atoms with Gasteiger partial charge in [0.2, 0.25) is 0 Å². The first kappa shape index (κ1) is 14.0. The van der Waals surface area contributed by atoms with Crippen molar-refractivity contribution in [3.63, 3.8) is 0 Å². The standard InChI is InChI=1S/C14H23NO2/c1-10(2)17-9-13(16)8-15-14-6-5-11(3)7-12(14)4/h5-7,10,13,15-16H,8-9H2,1-4H3. The Labute approximate surface area is 104 Å². The summed E-state index contributed by atoms with van der Waals surface area (Å²) in [5.41, 5.74) is 3.51. The van der Waals surface area contributed by atoms with Gasteiger partial charge in [-0.05, 0) is 39.3 Å². The molecule has 0 bridgehead atoms. The van der Waals surface area contributed by atoms with E-state index in [4.69, 9.17) is 4.74 Å². The number of anilines is 1. The van der Waals surface area contributed by atoms with Gasteiger partial charge in [-0.1, -0.05) is 17.7 Å². The number of aliphatic hydroxyl groups is 1. The van der Waals surface area contributed by atoms with E-state index >= 15 is 0 Å². The molecule has 0 heterocycles. The highest BCUT2D eigenvalue weighted by atomic mass is 16.5. The largest absolute Gasteiger partial charge is 0.389 e. The van der Waals surface area contributed by atoms with Crippen LogP contribution in [0.5, 0.6) is 0 Å². The van der Waals surface area contributed by atoms with Gasteiger partial charge in [0.05, 0.1) is 18.8 Å². The average Bonchev–Trinajstić information content (AvgIpc) is 2.25. The van der Waals surface area contributed by atoms with E-state index in [-0.39, 0.29) is 6.10 Å². The van der Waals surface area contributed by atoms with Crippen LogP contribution < -0.4 is 5.32 Å². The van der Waals surface area contributed by atoms with Gasteiger partial charge in [0, 0.05) is 12.2 Å². The van der Waals surface area contributed by atoms with Crippen LogP contribution in [0.4, 0.5) is 5.69 Å². The Morgan fingerprint density at radius 2 is 2.00 bits per heavy atom. The summed E-state index contributed by atoms with van der Waals surface area (Å²) < 4.78 is 5.35. The molecule has 1 atom stereocenters. The normalized spacial score (nSPS) is 12.8. The lowest BCUT2D eigenvalue weighted by Crippen LogP contribution is -2.26. The van der Waals surface area contributed by atoms with Crippen LogP contribution in [0.1, 0.15) is 25.0 Å². The fourth-order valence-electron chi connectivity index (χ4n) is 1.60. The molecule has 0 aliphatic heterocycles. The van der Waals surface area contributed by atoms with Gasteiger partial charge in [-0.25, -0.2) is 0 Å². The summed E-state index contributed by atoms with van der Waals surface area (Å²) in [4.78, 5) is 0. The Balaban J connectivity index is 2.39. The lowest BCUT2D eigenvalue weighted by Gasteiger charge is -2.16. The zero-order chi connectivity index (χ0) is 12.8. The molecule has 0 spiro atoms. The second-order valence-electron chi connectivity index (χ2n) is 4.74. The van der Waals surface area contributed by atoms with Crippen molar-refractivity contribution >= 4 is 5.69 Å². The number of aliphatic hydroxyl groups excluding tert-OH is 1. The molecule has 0 aromatic heterocycles. The Morgan fingerprint density at radius 1 is 1.29 bits per heavy atom. The number of hydrogen-bond donors (Lipinski definition) is 2. The van der Waals surface area contributed by atoms with E-state index in [1.807, 2.05) is 19.9 Å². The van der Waals surface area contributed by atoms with E-state index in [1.165, 1.54) is 11.1 Å². The van der Waals surface area contributed by atoms with Crippen LogP contribution in [0.15, 0.2) is 18.2 Å². The summed E-state index contributed by atoms with van der Waals surface area (Å²) in [5, 5.41) is 13.0. The SMILES string of the molecule is Cc1ccc(NCC(O)COC(C)C)c(C)c1. The summed E-state index contributed by atoms with van der Waals surface area (Å²) >= 11 is 0. The summed E-state index contributed by atoms with van der Waals surface area (Å²) in [6, 6.07) is 6.23. The van der Waals surface area contributed by atoms with E-state index in [2.05, 4.69) is 31.3 Å². The zero-order valence-electron chi connectivity index (χ0n) is 11.2. The molecule has 0 saturated heterocycles. The molecule has 1 aromatic carbocycles. The van der Waals surface area contributed by atoms with Crippen molar-refractivity contribution in [2.45, 2.75) is 39.9 Å². The summed E-state index contributed by atoms with van der Waals surface area (Å²) in [6.07, 6.45) is -0.316. The van der Waals surface area contributed by atoms with Gasteiger partial charge in [-0.15, -0.1) is 0 Å². The average molecular weight is 237 g/mol. The van der Waals surface area contributed by atoms with Crippen molar-refractivity contribution in [1.29, 1.82) is 0 Å². The Hall–Kier alpha value is -1.06. The van der Waals surface area contributed by atoms with Crippen molar-refractivity contribution < 1.29 is 9.84 Å². The molecule has 0 fully saturated rings. The number of nitrogens with one attached hydrogen (secondary N) is 1. The Morgan fingerprint density at radius 3 is 2.59 bits per heavy atom. The van der Waals surface area contributed by atoms with Crippen molar-refractivity contribution in [2.24, 2.45) is 0 Å². The molecule has 96 valence electrons. The molecule has 0 aliphatic rings. The second-order valence-corrected chi connectivity index (χ2v) is 4.74. The van der Waals surface area contributed by atoms with Gasteiger partial charge < -0.3 is 15.2 Å². The smallest absolute Gasteiger partial charge is 0.0945 e. The van der Waals surface area contributed by atoms with Crippen LogP contribution in [0.25, 0.3) is 0 Å². The maximum absolute atomic E-state index is 9.72. The topological polar surface area (TPSA) is 41.5 Å². The van der Waals surface area contributed by atoms with Crippen LogP contribution in [-0.2, 0) is 4.74 Å². The highest BCUT2D eigenvalue weighted by Crippen LogP contribution is 2.15. The molecule has 3 heteroatoms. The molecule has 0 amide bonds. The predicted octanol–water partition coefficient (Wildman–Crippen LogP) is 2.50. The molecule has 0 radical (unpaired) electrons. The number of rotatable bonds is 6. The fraction of sp³-hybridized carbons (Fsp3) is 0.571. The van der Waals surface area contributed by atoms with Gasteiger partial charge in [0.15, 0.2) is 0 Å². The van der Waals surface area contributed by atoms with E-state index in [9.17, 15) is 5.11 Å². The molecule has 1 aromatic rings. The highest BCUT2D eigenvalue weighted by molar-refractivity contribution is 5.51. The summed E-state index contributed by atoms with van der Waals surface area (Å²) in [5.74, 6) is 0. The van der Waals surface area contributed by atoms with Crippen molar-refractivity contribution in [2.75, 3.05) is 18.5 Å². The van der Waals surface area contributed by atoms with Crippen molar-refractivity contribution in [3.8, 4) is 0 Å². The lowest BCUT2D eigenvalue weighted by atomic mass is 10.1. The van der Waals surface area contributed by atoms with E-state index in [0.29, 0.717) is 13.2 Å². The number of hydrogen-bond acceptors (Lipinski definition) is 3. The van der Waals surface area contributed by atoms with E-state index in [0.717, 1.165) is 5.69 Å². The van der Waals surface area contributed by atoms with E-state index < -0.39 is 6.10 Å². The molecule has 17 heavy (non-hydrogen) atoms. The molecule has 0 aliphatic carbocycles. The number of aryl methyl sites for hydroxylation is 2. The molecule has 1 rings (SSSR count). The van der Waals surface area contributed by atoms with Gasteiger partial charge in [-0.2, -0.15) is 0 Å². The monoisotopic (exact) mass is 237 g/mol. The first-order valence-corrected chi connectivity index (χ1v) is 6.10. The summed E-state index contributed by atoms with van der Waals surface area (Å²) in [6.45, 7) is 8.94. The third-order valence-corrected chi connectivity index (χ3v) is 2.53. The minimum atomic E-state index is -0.474. The molecular formula is C14H23NO2. The zero-order valence-corrected chi connectivity index (χ0v) is 11.2. The van der Waals surface area contributed by atoms with Gasteiger partial charge in [0.25, 0.3) is 0 Å². The van der Waals surface area contributed by atoms with E-state index in [1.54, 1.807) is 0 Å². The Bertz CT molecular complexity index is 350. The molecule has 1 unspecified atom stereocenters. The molecule has 3 nitrogen and oxygen atoms in total. The van der Waals surface area contributed by atoms with Crippen LogP contribution in [0.2, 0.25) is 0 Å². The van der Waals surface area contributed by atoms with Crippen LogP contribution in [-0.4, -0.2) is 30.5 Å². The van der Waals surface area contributed by atoms with Crippen LogP contribution in [0, 0.1) is 13.8 Å². The molecule has 0 saturated carbocycles. The molecule has 2 N–H and O–H groups in total. The van der Waals surface area contributed by atoms with Crippen LogP contribution in [0.3, 0.4) is 0 Å². The maximum atomic E-state index is 9.72. The first-order chi connectivity index (χ1) is 7.99. The van der Waals surface area contributed by atoms with Gasteiger partial charge in [-0.3, -0.25) is 0 Å². The number of benzene rings is 1. The predicted molar refractivity (Wildman–Crippen MR) is 71.5 cm³/mol. The van der Waals surface area contributed by atoms with Crippen molar-refractivity contribution in [3.05, 3.63) is 29.3 Å². The molecular weight excluding hydrogens is 214 g/mol. The Kier molecular flexibility index (Phi) is 5.45. The summed E-state index contributed by atoms with van der Waals surface area (Å²) in [7, 11) is 0. The minimum Gasteiger partial charge on any atom is -0.389 e. The third-order valence-electron chi connectivity index (χ3n) is 2.53. The number of ether oxygens (including phenoxy) is 1. The minimum absolute atomic E-state index is 0.158. The highest BCUT2D eigenvalue weighted by Gasteiger charge is 2.06. The van der Waals surface area contributed by atoms with Crippen LogP contribution >= 0.6 is 0 Å². The maximum Gasteiger partial charge on any atom is 0.0945 e. The second kappa shape index (κ2) is 6.62. The lowest BCUT2D eigenvalue weighted by molar-refractivity contribution is 0.0112. The quantitative estimate of drug-likeness (QED) is 0.798. The third kappa shape index (κ3) is 5.20. The van der Waals surface area contributed by atoms with Gasteiger partial charge in [0.1, 0.15) is 0 Å².